The Balaban J connectivity index is 1.28. The van der Waals surface area contributed by atoms with Gasteiger partial charge in [-0.1, -0.05) is 6.92 Å². The molecule has 0 saturated carbocycles. The maximum Gasteiger partial charge on any atom is 0.409 e. The van der Waals surface area contributed by atoms with Gasteiger partial charge in [0.15, 0.2) is 0 Å². The lowest BCUT2D eigenvalue weighted by Crippen LogP contribution is -2.62. The van der Waals surface area contributed by atoms with Gasteiger partial charge in [0.25, 0.3) is 0 Å². The molecule has 0 aliphatic carbocycles. The minimum absolute atomic E-state index is 0.0342. The second kappa shape index (κ2) is 12.3. The first-order chi connectivity index (χ1) is 21.6. The van der Waals surface area contributed by atoms with Crippen LogP contribution in [0, 0.1) is 17.6 Å². The number of imidazole rings is 1. The number of anilines is 1. The van der Waals surface area contributed by atoms with Crippen LogP contribution in [0.3, 0.4) is 0 Å². The number of fused-ring (bicyclic) bond motifs is 1. The SMILES string of the molecule is COC(=O)N(C)[C@@H]1[C@H](N)CN(c2ccncc2Cc2ncc3ccc(-c4c(F)cc(C5(F)CCOCC5)cc4F)nn23)C[C@@H]1C. The van der Waals surface area contributed by atoms with E-state index in [1.165, 1.54) is 13.2 Å². The van der Waals surface area contributed by atoms with Crippen molar-refractivity contribution in [3.8, 4) is 11.3 Å². The van der Waals surface area contributed by atoms with Crippen molar-refractivity contribution >= 4 is 17.3 Å². The molecule has 2 fully saturated rings. The fraction of sp³-hybridized carbons (Fsp3) is 0.438. The van der Waals surface area contributed by atoms with Crippen LogP contribution in [-0.4, -0.2) is 83.1 Å². The van der Waals surface area contributed by atoms with E-state index in [4.69, 9.17) is 15.2 Å². The van der Waals surface area contributed by atoms with Gasteiger partial charge in [-0.25, -0.2) is 27.5 Å². The van der Waals surface area contributed by atoms with Gasteiger partial charge in [0.05, 0.1) is 36.1 Å². The maximum absolute atomic E-state index is 15.5. The molecule has 4 aromatic rings. The number of halogens is 3. The number of hydrogen-bond donors (Lipinski definition) is 1. The van der Waals surface area contributed by atoms with Crippen LogP contribution in [0.2, 0.25) is 0 Å². The Hall–Kier alpha value is -4.23. The molecule has 2 saturated heterocycles. The van der Waals surface area contributed by atoms with Crippen LogP contribution >= 0.6 is 0 Å². The summed E-state index contributed by atoms with van der Waals surface area (Å²) in [6, 6.07) is 6.72. The zero-order chi connectivity index (χ0) is 31.9. The number of piperidine rings is 1. The fourth-order valence-corrected chi connectivity index (χ4v) is 6.73. The van der Waals surface area contributed by atoms with Crippen LogP contribution in [0.4, 0.5) is 23.7 Å². The summed E-state index contributed by atoms with van der Waals surface area (Å²) in [4.78, 5) is 24.8. The van der Waals surface area contributed by atoms with Gasteiger partial charge in [-0.05, 0) is 41.8 Å². The van der Waals surface area contributed by atoms with Crippen LogP contribution in [0.15, 0.2) is 48.9 Å². The molecule has 2 N–H and O–H groups in total. The van der Waals surface area contributed by atoms with E-state index in [0.29, 0.717) is 30.9 Å². The number of nitrogens with zero attached hydrogens (tertiary/aromatic N) is 6. The normalized spacial score (nSPS) is 21.6. The van der Waals surface area contributed by atoms with Crippen molar-refractivity contribution in [1.82, 2.24) is 24.5 Å². The molecule has 0 unspecified atom stereocenters. The molecule has 1 amide bonds. The molecule has 6 rings (SSSR count). The Morgan fingerprint density at radius 3 is 2.58 bits per heavy atom. The number of aromatic nitrogens is 4. The largest absolute Gasteiger partial charge is 0.453 e. The van der Waals surface area contributed by atoms with Crippen LogP contribution in [0.1, 0.15) is 36.7 Å². The number of amides is 1. The van der Waals surface area contributed by atoms with E-state index in [1.807, 2.05) is 13.0 Å². The van der Waals surface area contributed by atoms with Gasteiger partial charge in [0.1, 0.15) is 23.1 Å². The molecule has 0 spiro atoms. The minimum atomic E-state index is -1.84. The van der Waals surface area contributed by atoms with Crippen LogP contribution < -0.4 is 10.6 Å². The average molecular weight is 624 g/mol. The quantitative estimate of drug-likeness (QED) is 0.335. The van der Waals surface area contributed by atoms with Gasteiger partial charge in [-0.3, -0.25) is 4.98 Å². The van der Waals surface area contributed by atoms with Crippen molar-refractivity contribution < 1.29 is 27.4 Å². The Morgan fingerprint density at radius 1 is 1.16 bits per heavy atom. The van der Waals surface area contributed by atoms with Crippen molar-refractivity contribution in [3.05, 3.63) is 77.5 Å². The zero-order valence-electron chi connectivity index (χ0n) is 25.4. The lowest BCUT2D eigenvalue weighted by atomic mass is 9.87. The number of carbonyl (C=O) groups excluding carboxylic acids is 1. The van der Waals surface area contributed by atoms with Crippen LogP contribution in [0.25, 0.3) is 16.8 Å². The standard InChI is InChI=1S/C32H36F3N7O3/c1-19-17-41(18-25(36)30(19)40(2)31(43)44-3)27-6-9-37-15-20(27)12-28-38-16-22-4-5-26(39-42(22)28)29-23(33)13-21(14-24(29)34)32(35)7-10-45-11-8-32/h4-6,9,13-16,19,25,30H,7-8,10-12,17-18,36H2,1-3H3/t19-,25+,30-/m0/s1. The summed E-state index contributed by atoms with van der Waals surface area (Å²) in [5.41, 5.74) is 6.86. The highest BCUT2D eigenvalue weighted by atomic mass is 19.1. The van der Waals surface area contributed by atoms with E-state index in [9.17, 15) is 4.79 Å². The smallest absolute Gasteiger partial charge is 0.409 e. The number of likely N-dealkylation sites (N-methyl/N-ethyl adjacent to an activating group) is 1. The molecule has 2 aliphatic heterocycles. The number of hydrogen-bond acceptors (Lipinski definition) is 8. The van der Waals surface area contributed by atoms with E-state index >= 15 is 13.2 Å². The predicted molar refractivity (Wildman–Crippen MR) is 162 cm³/mol. The lowest BCUT2D eigenvalue weighted by Gasteiger charge is -2.45. The summed E-state index contributed by atoms with van der Waals surface area (Å²) in [5.74, 6) is -1.18. The number of ether oxygens (including phenoxy) is 2. The topological polar surface area (TPSA) is 111 Å². The fourth-order valence-electron chi connectivity index (χ4n) is 6.73. The number of alkyl halides is 1. The van der Waals surface area contributed by atoms with Crippen molar-refractivity contribution in [2.24, 2.45) is 11.7 Å². The monoisotopic (exact) mass is 623 g/mol. The Labute approximate surface area is 258 Å². The molecule has 2 aliphatic rings. The number of benzene rings is 1. The molecular formula is C32H36F3N7O3. The molecule has 45 heavy (non-hydrogen) atoms. The van der Waals surface area contributed by atoms with Gasteiger partial charge in [0.2, 0.25) is 0 Å². The zero-order valence-corrected chi connectivity index (χ0v) is 25.4. The molecule has 10 nitrogen and oxygen atoms in total. The molecule has 238 valence electrons. The third-order valence-electron chi connectivity index (χ3n) is 8.99. The predicted octanol–water partition coefficient (Wildman–Crippen LogP) is 4.49. The van der Waals surface area contributed by atoms with Crippen molar-refractivity contribution in [1.29, 1.82) is 0 Å². The first-order valence-electron chi connectivity index (χ1n) is 14.9. The van der Waals surface area contributed by atoms with Gasteiger partial charge in [-0.15, -0.1) is 0 Å². The summed E-state index contributed by atoms with van der Waals surface area (Å²) < 4.78 is 58.0. The average Bonchev–Trinajstić information content (AvgIpc) is 3.42. The second-order valence-electron chi connectivity index (χ2n) is 11.9. The van der Waals surface area contributed by atoms with E-state index in [2.05, 4.69) is 20.0 Å². The third-order valence-corrected chi connectivity index (χ3v) is 8.99. The summed E-state index contributed by atoms with van der Waals surface area (Å²) in [6.07, 6.45) is 5.08. The maximum atomic E-state index is 15.5. The second-order valence-corrected chi connectivity index (χ2v) is 11.9. The highest BCUT2D eigenvalue weighted by Crippen LogP contribution is 2.39. The number of nitrogens with two attached hydrogens (primary N) is 1. The van der Waals surface area contributed by atoms with Gasteiger partial charge in [-0.2, -0.15) is 5.10 Å². The number of rotatable bonds is 6. The van der Waals surface area contributed by atoms with Crippen molar-refractivity contribution in [2.45, 2.75) is 43.9 Å². The number of carbonyl (C=O) groups is 1. The minimum Gasteiger partial charge on any atom is -0.453 e. The molecule has 5 heterocycles. The molecule has 1 aromatic carbocycles. The van der Waals surface area contributed by atoms with Gasteiger partial charge < -0.3 is 25.0 Å². The summed E-state index contributed by atoms with van der Waals surface area (Å²) in [5, 5.41) is 4.56. The van der Waals surface area contributed by atoms with E-state index in [-0.39, 0.29) is 60.9 Å². The van der Waals surface area contributed by atoms with E-state index in [1.54, 1.807) is 41.1 Å². The summed E-state index contributed by atoms with van der Waals surface area (Å²) in [7, 11) is 3.04. The van der Waals surface area contributed by atoms with Crippen molar-refractivity contribution in [2.75, 3.05) is 45.4 Å². The lowest BCUT2D eigenvalue weighted by molar-refractivity contribution is -0.0117. The molecular weight excluding hydrogens is 587 g/mol. The molecule has 13 heteroatoms. The van der Waals surface area contributed by atoms with Crippen molar-refractivity contribution in [3.63, 3.8) is 0 Å². The highest BCUT2D eigenvalue weighted by Gasteiger charge is 2.38. The number of pyridine rings is 1. The molecule has 3 atom stereocenters. The highest BCUT2D eigenvalue weighted by molar-refractivity contribution is 5.68. The van der Waals surface area contributed by atoms with Gasteiger partial charge in [0, 0.05) is 82.3 Å². The Morgan fingerprint density at radius 2 is 1.89 bits per heavy atom. The van der Waals surface area contributed by atoms with Gasteiger partial charge >= 0.3 is 6.09 Å². The first kappa shape index (κ1) is 30.8. The van der Waals surface area contributed by atoms with Crippen LogP contribution in [0.5, 0.6) is 0 Å². The molecule has 3 aromatic heterocycles. The molecule has 0 bridgehead atoms. The summed E-state index contributed by atoms with van der Waals surface area (Å²) >= 11 is 0. The Kier molecular flexibility index (Phi) is 8.40. The van der Waals surface area contributed by atoms with E-state index in [0.717, 1.165) is 23.4 Å². The molecule has 0 radical (unpaired) electrons. The summed E-state index contributed by atoms with van der Waals surface area (Å²) in [6.45, 7) is 3.58. The third kappa shape index (κ3) is 5.82. The van der Waals surface area contributed by atoms with Crippen LogP contribution in [-0.2, 0) is 21.6 Å². The Bertz CT molecular complexity index is 1680. The van der Waals surface area contributed by atoms with E-state index < -0.39 is 23.4 Å². The number of methoxy groups -OCH3 is 1. The first-order valence-corrected chi connectivity index (χ1v) is 14.9.